The molecule has 2 N–H and O–H groups in total. The zero-order valence-corrected chi connectivity index (χ0v) is 17.6. The fraction of sp³-hybridized carbons (Fsp3) is 0.565. The smallest absolute Gasteiger partial charge is 0.134 e. The number of hydrogen-bond acceptors (Lipinski definition) is 6. The molecule has 0 radical (unpaired) electrons. The summed E-state index contributed by atoms with van der Waals surface area (Å²) in [4.78, 5) is 13.8. The third kappa shape index (κ3) is 4.38. The van der Waals surface area contributed by atoms with E-state index in [1.807, 2.05) is 0 Å². The summed E-state index contributed by atoms with van der Waals surface area (Å²) >= 11 is 0. The first-order chi connectivity index (χ1) is 14.2. The molecule has 0 unspecified atom stereocenters. The van der Waals surface area contributed by atoms with E-state index in [1.165, 1.54) is 11.1 Å². The molecule has 2 aliphatic heterocycles. The van der Waals surface area contributed by atoms with Gasteiger partial charge in [0.25, 0.3) is 0 Å². The van der Waals surface area contributed by atoms with Crippen molar-refractivity contribution in [3.63, 3.8) is 0 Å². The van der Waals surface area contributed by atoms with Crippen LogP contribution in [0.1, 0.15) is 43.2 Å². The van der Waals surface area contributed by atoms with Gasteiger partial charge in [0.2, 0.25) is 0 Å². The molecular weight excluding hydrogens is 362 g/mol. The third-order valence-electron chi connectivity index (χ3n) is 6.59. The summed E-state index contributed by atoms with van der Waals surface area (Å²) in [5.41, 5.74) is 8.88. The molecule has 6 heteroatoms. The minimum atomic E-state index is 0.219. The Bertz CT molecular complexity index is 788. The van der Waals surface area contributed by atoms with Gasteiger partial charge >= 0.3 is 0 Å². The number of aryl methyl sites for hydroxylation is 1. The van der Waals surface area contributed by atoms with E-state index in [2.05, 4.69) is 57.0 Å². The van der Waals surface area contributed by atoms with Gasteiger partial charge in [-0.15, -0.1) is 0 Å². The molecular formula is C23H33N5O. The first kappa shape index (κ1) is 20.1. The van der Waals surface area contributed by atoms with Gasteiger partial charge in [-0.05, 0) is 42.7 Å². The molecule has 2 aromatic rings. The number of piperidine rings is 1. The van der Waals surface area contributed by atoms with Crippen LogP contribution in [-0.4, -0.2) is 55.4 Å². The summed E-state index contributed by atoms with van der Waals surface area (Å²) in [5, 5.41) is 0. The molecule has 2 aliphatic rings. The molecule has 156 valence electrons. The number of benzene rings is 1. The Morgan fingerprint density at radius 2 is 1.83 bits per heavy atom. The van der Waals surface area contributed by atoms with Crippen molar-refractivity contribution < 1.29 is 4.74 Å². The van der Waals surface area contributed by atoms with Gasteiger partial charge in [-0.2, -0.15) is 0 Å². The number of nitrogens with zero attached hydrogens (tertiary/aromatic N) is 4. The zero-order chi connectivity index (χ0) is 20.2. The number of nitrogens with two attached hydrogens (primary N) is 1. The maximum absolute atomic E-state index is 6.00. The first-order valence-electron chi connectivity index (χ1n) is 10.9. The fourth-order valence-corrected chi connectivity index (χ4v) is 4.68. The summed E-state index contributed by atoms with van der Waals surface area (Å²) in [5.74, 6) is 2.62. The van der Waals surface area contributed by atoms with Crippen molar-refractivity contribution in [2.45, 2.75) is 50.7 Å². The highest BCUT2D eigenvalue weighted by atomic mass is 16.5. The Labute approximate surface area is 174 Å². The van der Waals surface area contributed by atoms with Crippen LogP contribution in [0.4, 0.5) is 11.6 Å². The van der Waals surface area contributed by atoms with Crippen LogP contribution in [0, 0.1) is 0 Å². The van der Waals surface area contributed by atoms with E-state index in [0.29, 0.717) is 12.5 Å². The second-order valence-electron chi connectivity index (χ2n) is 8.23. The molecule has 0 saturated carbocycles. The van der Waals surface area contributed by atoms with Crippen molar-refractivity contribution in [3.8, 4) is 0 Å². The van der Waals surface area contributed by atoms with Gasteiger partial charge < -0.3 is 20.3 Å². The molecule has 0 amide bonds. The number of ether oxygens (including phenoxy) is 1. The third-order valence-corrected chi connectivity index (χ3v) is 6.59. The van der Waals surface area contributed by atoms with E-state index >= 15 is 0 Å². The monoisotopic (exact) mass is 395 g/mol. The second kappa shape index (κ2) is 9.09. The summed E-state index contributed by atoms with van der Waals surface area (Å²) in [6.07, 6.45) is 6.28. The van der Waals surface area contributed by atoms with E-state index in [0.717, 1.165) is 57.0 Å². The van der Waals surface area contributed by atoms with Crippen molar-refractivity contribution in [1.29, 1.82) is 0 Å². The number of hydrogen-bond donors (Lipinski definition) is 1. The lowest BCUT2D eigenvalue weighted by atomic mass is 9.89. The molecule has 0 spiro atoms. The highest BCUT2D eigenvalue weighted by Crippen LogP contribution is 2.32. The fourth-order valence-electron chi connectivity index (χ4n) is 4.68. The van der Waals surface area contributed by atoms with Crippen LogP contribution >= 0.6 is 0 Å². The van der Waals surface area contributed by atoms with Crippen molar-refractivity contribution >= 4 is 11.6 Å². The molecule has 0 bridgehead atoms. The standard InChI is InChI=1S/C23H33N5O/c1-3-17-4-6-18(7-5-17)19-8-10-27(11-9-19)22-13-23(26-16-25-22)28-15-21(29-2)12-20(28)14-24/h4-7,13,16,19-21H,3,8-12,14-15,24H2,1-2H3/t20-,21-/m0/s1. The SMILES string of the molecule is CCc1ccc(C2CCN(c3cc(N4C[C@@H](OC)C[C@H]4CN)ncn3)CC2)cc1. The molecule has 2 fully saturated rings. The summed E-state index contributed by atoms with van der Waals surface area (Å²) in [7, 11) is 1.77. The van der Waals surface area contributed by atoms with E-state index in [-0.39, 0.29) is 12.1 Å². The van der Waals surface area contributed by atoms with Crippen LogP contribution in [0.2, 0.25) is 0 Å². The Morgan fingerprint density at radius 3 is 2.48 bits per heavy atom. The van der Waals surface area contributed by atoms with Crippen molar-refractivity contribution in [2.24, 2.45) is 5.73 Å². The largest absolute Gasteiger partial charge is 0.380 e. The van der Waals surface area contributed by atoms with Gasteiger partial charge in [0.15, 0.2) is 0 Å². The molecule has 2 saturated heterocycles. The first-order valence-corrected chi connectivity index (χ1v) is 10.9. The quantitative estimate of drug-likeness (QED) is 0.811. The molecule has 6 nitrogen and oxygen atoms in total. The summed E-state index contributed by atoms with van der Waals surface area (Å²) in [6, 6.07) is 11.6. The predicted octanol–water partition coefficient (Wildman–Crippen LogP) is 2.98. The van der Waals surface area contributed by atoms with Gasteiger partial charge in [0.05, 0.1) is 6.10 Å². The van der Waals surface area contributed by atoms with Crippen LogP contribution in [-0.2, 0) is 11.2 Å². The Kier molecular flexibility index (Phi) is 6.31. The van der Waals surface area contributed by atoms with Crippen LogP contribution in [0.3, 0.4) is 0 Å². The van der Waals surface area contributed by atoms with Crippen LogP contribution in [0.25, 0.3) is 0 Å². The zero-order valence-electron chi connectivity index (χ0n) is 17.6. The van der Waals surface area contributed by atoms with Gasteiger partial charge in [-0.3, -0.25) is 0 Å². The van der Waals surface area contributed by atoms with E-state index in [1.54, 1.807) is 13.4 Å². The van der Waals surface area contributed by atoms with Crippen LogP contribution in [0.5, 0.6) is 0 Å². The highest BCUT2D eigenvalue weighted by molar-refractivity contribution is 5.52. The van der Waals surface area contributed by atoms with Gasteiger partial charge in [0, 0.05) is 45.4 Å². The number of methoxy groups -OCH3 is 1. The lowest BCUT2D eigenvalue weighted by Gasteiger charge is -2.33. The Hall–Kier alpha value is -2.18. The summed E-state index contributed by atoms with van der Waals surface area (Å²) < 4.78 is 5.56. The van der Waals surface area contributed by atoms with Crippen LogP contribution < -0.4 is 15.5 Å². The lowest BCUT2D eigenvalue weighted by Crippen LogP contribution is -2.37. The van der Waals surface area contributed by atoms with E-state index < -0.39 is 0 Å². The maximum Gasteiger partial charge on any atom is 0.134 e. The Balaban J connectivity index is 1.42. The molecule has 3 heterocycles. The predicted molar refractivity (Wildman–Crippen MR) is 118 cm³/mol. The minimum Gasteiger partial charge on any atom is -0.380 e. The minimum absolute atomic E-state index is 0.219. The van der Waals surface area contributed by atoms with E-state index in [9.17, 15) is 0 Å². The van der Waals surface area contributed by atoms with Crippen molar-refractivity contribution in [2.75, 3.05) is 43.1 Å². The van der Waals surface area contributed by atoms with Gasteiger partial charge in [0.1, 0.15) is 18.0 Å². The highest BCUT2D eigenvalue weighted by Gasteiger charge is 2.32. The molecule has 1 aromatic carbocycles. The Morgan fingerprint density at radius 1 is 1.10 bits per heavy atom. The molecule has 4 rings (SSSR count). The molecule has 29 heavy (non-hydrogen) atoms. The topological polar surface area (TPSA) is 67.5 Å². The molecule has 0 aliphatic carbocycles. The molecule has 2 atom stereocenters. The van der Waals surface area contributed by atoms with Gasteiger partial charge in [-0.25, -0.2) is 9.97 Å². The molecule has 1 aromatic heterocycles. The number of anilines is 2. The normalized spacial score (nSPS) is 23.0. The summed E-state index contributed by atoms with van der Waals surface area (Å²) in [6.45, 7) is 5.71. The second-order valence-corrected chi connectivity index (χ2v) is 8.23. The maximum atomic E-state index is 6.00. The van der Waals surface area contributed by atoms with Gasteiger partial charge in [-0.1, -0.05) is 31.2 Å². The van der Waals surface area contributed by atoms with Crippen LogP contribution in [0.15, 0.2) is 36.7 Å². The van der Waals surface area contributed by atoms with E-state index in [4.69, 9.17) is 10.5 Å². The average Bonchev–Trinajstić information content (AvgIpc) is 3.23. The average molecular weight is 396 g/mol. The lowest BCUT2D eigenvalue weighted by molar-refractivity contribution is 0.118. The number of aromatic nitrogens is 2. The number of rotatable bonds is 6. The van der Waals surface area contributed by atoms with Crippen molar-refractivity contribution in [1.82, 2.24) is 9.97 Å². The van der Waals surface area contributed by atoms with Crippen molar-refractivity contribution in [3.05, 3.63) is 47.8 Å².